The molecular formula is C19H18Cl3N3O3. The maximum Gasteiger partial charge on any atom is 0.294 e. The van der Waals surface area contributed by atoms with E-state index >= 15 is 0 Å². The van der Waals surface area contributed by atoms with Gasteiger partial charge in [-0.15, -0.1) is 0 Å². The quantitative estimate of drug-likeness (QED) is 0.453. The topological polar surface area (TPSA) is 75.5 Å². The first-order valence-electron chi connectivity index (χ1n) is 8.79. The van der Waals surface area contributed by atoms with Crippen molar-refractivity contribution in [1.82, 2.24) is 0 Å². The van der Waals surface area contributed by atoms with Crippen LogP contribution in [-0.4, -0.2) is 23.4 Å². The highest BCUT2D eigenvalue weighted by Crippen LogP contribution is 2.39. The first kappa shape index (κ1) is 20.7. The number of hydrogen-bond donors (Lipinski definition) is 1. The van der Waals surface area contributed by atoms with Gasteiger partial charge in [-0.3, -0.25) is 14.9 Å². The highest BCUT2D eigenvalue weighted by Gasteiger charge is 2.27. The van der Waals surface area contributed by atoms with Crippen molar-refractivity contribution in [2.45, 2.75) is 32.2 Å². The van der Waals surface area contributed by atoms with Crippen molar-refractivity contribution in [3.05, 3.63) is 61.1 Å². The van der Waals surface area contributed by atoms with Crippen molar-refractivity contribution >= 4 is 57.8 Å². The molecule has 1 atom stereocenters. The number of benzene rings is 2. The molecule has 0 aromatic heterocycles. The lowest BCUT2D eigenvalue weighted by Gasteiger charge is -2.35. The van der Waals surface area contributed by atoms with Crippen LogP contribution in [0.15, 0.2) is 30.3 Å². The molecule has 0 bridgehead atoms. The lowest BCUT2D eigenvalue weighted by atomic mass is 10.0. The zero-order valence-corrected chi connectivity index (χ0v) is 17.3. The molecule has 9 heteroatoms. The predicted octanol–water partition coefficient (Wildman–Crippen LogP) is 6.19. The number of carbonyl (C=O) groups is 1. The van der Waals surface area contributed by atoms with Crippen LogP contribution in [0.2, 0.25) is 15.1 Å². The van der Waals surface area contributed by atoms with Crippen LogP contribution >= 0.6 is 34.8 Å². The van der Waals surface area contributed by atoms with Crippen LogP contribution in [0.3, 0.4) is 0 Å². The lowest BCUT2D eigenvalue weighted by Crippen LogP contribution is -2.37. The number of nitro groups is 1. The zero-order valence-electron chi connectivity index (χ0n) is 15.0. The smallest absolute Gasteiger partial charge is 0.294 e. The number of piperidine rings is 1. The molecule has 3 rings (SSSR count). The van der Waals surface area contributed by atoms with Gasteiger partial charge in [0.25, 0.3) is 11.6 Å². The van der Waals surface area contributed by atoms with Gasteiger partial charge in [-0.2, -0.15) is 0 Å². The first-order chi connectivity index (χ1) is 13.3. The fraction of sp³-hybridized carbons (Fsp3) is 0.316. The summed E-state index contributed by atoms with van der Waals surface area (Å²) in [7, 11) is 0. The Kier molecular flexibility index (Phi) is 6.33. The molecular weight excluding hydrogens is 425 g/mol. The fourth-order valence-electron chi connectivity index (χ4n) is 3.34. The Hall–Kier alpha value is -2.02. The number of nitrogens with one attached hydrogen (secondary N) is 1. The minimum absolute atomic E-state index is 0.0820. The summed E-state index contributed by atoms with van der Waals surface area (Å²) in [5, 5.41) is 15.0. The maximum absolute atomic E-state index is 12.6. The van der Waals surface area contributed by atoms with Crippen LogP contribution in [-0.2, 0) is 0 Å². The van der Waals surface area contributed by atoms with E-state index in [0.29, 0.717) is 17.3 Å². The lowest BCUT2D eigenvalue weighted by molar-refractivity contribution is -0.384. The first-order valence-corrected chi connectivity index (χ1v) is 9.92. The van der Waals surface area contributed by atoms with E-state index in [4.69, 9.17) is 34.8 Å². The summed E-state index contributed by atoms with van der Waals surface area (Å²) in [4.78, 5) is 25.7. The van der Waals surface area contributed by atoms with Gasteiger partial charge in [-0.05, 0) is 50.5 Å². The van der Waals surface area contributed by atoms with Crippen LogP contribution in [0, 0.1) is 10.1 Å². The minimum Gasteiger partial charge on any atom is -0.363 e. The molecule has 1 N–H and O–H groups in total. The van der Waals surface area contributed by atoms with E-state index in [1.807, 2.05) is 11.8 Å². The average molecular weight is 443 g/mol. The molecule has 1 fully saturated rings. The summed E-state index contributed by atoms with van der Waals surface area (Å²) < 4.78 is 0. The number of rotatable bonds is 4. The Morgan fingerprint density at radius 1 is 1.18 bits per heavy atom. The molecule has 1 amide bonds. The summed E-state index contributed by atoms with van der Waals surface area (Å²) in [6.45, 7) is 2.74. The van der Waals surface area contributed by atoms with Crippen LogP contribution in [0.5, 0.6) is 0 Å². The Bertz CT molecular complexity index is 936. The van der Waals surface area contributed by atoms with Crippen LogP contribution in [0.25, 0.3) is 0 Å². The third-order valence-corrected chi connectivity index (χ3v) is 5.66. The van der Waals surface area contributed by atoms with Crippen molar-refractivity contribution in [3.8, 4) is 0 Å². The third kappa shape index (κ3) is 4.35. The number of nitrogens with zero attached hydrogens (tertiary/aromatic N) is 2. The highest BCUT2D eigenvalue weighted by atomic mass is 35.5. The minimum atomic E-state index is -0.477. The Balaban J connectivity index is 1.98. The molecule has 0 spiro atoms. The third-order valence-electron chi connectivity index (χ3n) is 4.80. The monoisotopic (exact) mass is 441 g/mol. The molecule has 1 saturated heterocycles. The molecule has 148 valence electrons. The van der Waals surface area contributed by atoms with Gasteiger partial charge < -0.3 is 10.2 Å². The maximum atomic E-state index is 12.6. The van der Waals surface area contributed by atoms with Crippen molar-refractivity contribution in [2.75, 3.05) is 16.8 Å². The largest absolute Gasteiger partial charge is 0.363 e. The van der Waals surface area contributed by atoms with Crippen molar-refractivity contribution in [1.29, 1.82) is 0 Å². The summed E-state index contributed by atoms with van der Waals surface area (Å²) >= 11 is 18.2. The van der Waals surface area contributed by atoms with Crippen molar-refractivity contribution < 1.29 is 9.72 Å². The summed E-state index contributed by atoms with van der Waals surface area (Å²) in [5.41, 5.74) is 0.879. The molecule has 1 aliphatic rings. The van der Waals surface area contributed by atoms with Gasteiger partial charge >= 0.3 is 0 Å². The van der Waals surface area contributed by atoms with Gasteiger partial charge in [0.1, 0.15) is 5.69 Å². The van der Waals surface area contributed by atoms with Crippen LogP contribution in [0.4, 0.5) is 17.1 Å². The van der Waals surface area contributed by atoms with Gasteiger partial charge in [-0.1, -0.05) is 34.8 Å². The standard InChI is InChI=1S/C19H18Cl3N3O3/c1-11-4-2-3-7-24(11)17-10-16(15(22)9-18(17)25(27)28)23-19(26)13-6-5-12(20)8-14(13)21/h5-6,8-11H,2-4,7H2,1H3,(H,23,26). The number of carbonyl (C=O) groups excluding carboxylic acids is 1. The van der Waals surface area contributed by atoms with E-state index in [-0.39, 0.29) is 33.0 Å². The van der Waals surface area contributed by atoms with Crippen molar-refractivity contribution in [3.63, 3.8) is 0 Å². The van der Waals surface area contributed by atoms with E-state index < -0.39 is 10.8 Å². The molecule has 2 aromatic rings. The number of nitro benzene ring substituents is 1. The van der Waals surface area contributed by atoms with Gasteiger partial charge in [0.15, 0.2) is 0 Å². The highest BCUT2D eigenvalue weighted by molar-refractivity contribution is 6.38. The average Bonchev–Trinajstić information content (AvgIpc) is 2.63. The van der Waals surface area contributed by atoms with Gasteiger partial charge in [0, 0.05) is 23.7 Å². The van der Waals surface area contributed by atoms with Crippen LogP contribution < -0.4 is 10.2 Å². The molecule has 1 unspecified atom stereocenters. The van der Waals surface area contributed by atoms with E-state index in [9.17, 15) is 14.9 Å². The molecule has 1 aliphatic heterocycles. The fourth-order valence-corrected chi connectivity index (χ4v) is 4.04. The second-order valence-corrected chi connectivity index (χ2v) is 7.95. The summed E-state index contributed by atoms with van der Waals surface area (Å²) in [6.07, 6.45) is 2.98. The number of amides is 1. The second kappa shape index (κ2) is 8.55. The van der Waals surface area contributed by atoms with Gasteiger partial charge in [-0.25, -0.2) is 0 Å². The number of halogens is 3. The second-order valence-electron chi connectivity index (χ2n) is 6.69. The number of hydrogen-bond acceptors (Lipinski definition) is 4. The zero-order chi connectivity index (χ0) is 20.4. The van der Waals surface area contributed by atoms with Gasteiger partial charge in [0.2, 0.25) is 0 Å². The van der Waals surface area contributed by atoms with E-state index in [2.05, 4.69) is 5.32 Å². The summed E-state index contributed by atoms with van der Waals surface area (Å²) in [6, 6.07) is 7.52. The predicted molar refractivity (Wildman–Crippen MR) is 113 cm³/mol. The van der Waals surface area contributed by atoms with Crippen molar-refractivity contribution in [2.24, 2.45) is 0 Å². The normalized spacial score (nSPS) is 16.7. The molecule has 0 aliphatic carbocycles. The number of anilines is 2. The van der Waals surface area contributed by atoms with E-state index in [0.717, 1.165) is 19.3 Å². The molecule has 1 heterocycles. The molecule has 0 radical (unpaired) electrons. The Morgan fingerprint density at radius 2 is 1.93 bits per heavy atom. The molecule has 6 nitrogen and oxygen atoms in total. The Labute approximate surface area is 177 Å². The van der Waals surface area contributed by atoms with E-state index in [1.54, 1.807) is 12.1 Å². The SMILES string of the molecule is CC1CCCCN1c1cc(NC(=O)c2ccc(Cl)cc2Cl)c(Cl)cc1[N+](=O)[O-]. The Morgan fingerprint density at radius 3 is 2.57 bits per heavy atom. The van der Waals surface area contributed by atoms with E-state index in [1.165, 1.54) is 18.2 Å². The van der Waals surface area contributed by atoms with Gasteiger partial charge in [0.05, 0.1) is 26.2 Å². The summed E-state index contributed by atoms with van der Waals surface area (Å²) in [5.74, 6) is -0.477. The van der Waals surface area contributed by atoms with Crippen LogP contribution in [0.1, 0.15) is 36.5 Å². The molecule has 2 aromatic carbocycles. The molecule has 28 heavy (non-hydrogen) atoms. The molecule has 0 saturated carbocycles.